The van der Waals surface area contributed by atoms with Crippen molar-refractivity contribution in [3.05, 3.63) is 40.3 Å². The fourth-order valence-electron chi connectivity index (χ4n) is 4.35. The van der Waals surface area contributed by atoms with Crippen LogP contribution in [-0.2, 0) is 7.05 Å². The van der Waals surface area contributed by atoms with Crippen LogP contribution in [0.5, 0.6) is 0 Å². The summed E-state index contributed by atoms with van der Waals surface area (Å²) in [6, 6.07) is 7.65. The van der Waals surface area contributed by atoms with Crippen LogP contribution < -0.4 is 5.56 Å². The van der Waals surface area contributed by atoms with Gasteiger partial charge in [0.15, 0.2) is 5.69 Å². The topological polar surface area (TPSA) is 58.4 Å². The van der Waals surface area contributed by atoms with Crippen LogP contribution in [0, 0.1) is 11.8 Å². The molecule has 4 rings (SSSR count). The number of carbonyl (C=O) groups is 1. The second-order valence-corrected chi connectivity index (χ2v) is 8.68. The molecule has 0 spiro atoms. The molecule has 0 N–H and O–H groups in total. The Balaban J connectivity index is 1.65. The molecule has 2 aromatic rings. The predicted octanol–water partition coefficient (Wildman–Crippen LogP) is 2.52. The zero-order chi connectivity index (χ0) is 19.8. The molecule has 2 aliphatic rings. The molecule has 2 heterocycles. The molecule has 1 aromatic carbocycles. The van der Waals surface area contributed by atoms with Gasteiger partial charge in [0.05, 0.1) is 5.39 Å². The van der Waals surface area contributed by atoms with E-state index in [-0.39, 0.29) is 11.5 Å². The molecule has 0 unspecified atom stereocenters. The van der Waals surface area contributed by atoms with Gasteiger partial charge in [-0.15, -0.1) is 0 Å². The summed E-state index contributed by atoms with van der Waals surface area (Å²) in [5.41, 5.74) is 0.217. The Labute approximate surface area is 166 Å². The Kier molecular flexibility index (Phi) is 5.23. The van der Waals surface area contributed by atoms with Gasteiger partial charge in [0.1, 0.15) is 0 Å². The molecule has 1 atom stereocenters. The number of amides is 1. The molecule has 1 amide bonds. The Hall–Kier alpha value is -2.21. The van der Waals surface area contributed by atoms with E-state index in [0.717, 1.165) is 38.5 Å². The second kappa shape index (κ2) is 7.66. The summed E-state index contributed by atoms with van der Waals surface area (Å²) in [6.45, 7) is 8.16. The van der Waals surface area contributed by atoms with E-state index in [2.05, 4.69) is 23.8 Å². The minimum absolute atomic E-state index is 0.0641. The van der Waals surface area contributed by atoms with E-state index >= 15 is 0 Å². The van der Waals surface area contributed by atoms with Crippen LogP contribution in [-0.4, -0.2) is 57.7 Å². The first kappa shape index (κ1) is 19.1. The number of nitrogens with zero attached hydrogens (tertiary/aromatic N) is 4. The third kappa shape index (κ3) is 3.70. The number of rotatable bonds is 4. The van der Waals surface area contributed by atoms with Crippen molar-refractivity contribution in [2.45, 2.75) is 39.2 Å². The van der Waals surface area contributed by atoms with Crippen LogP contribution >= 0.6 is 0 Å². The molecule has 6 heteroatoms. The minimum Gasteiger partial charge on any atom is -0.336 e. The summed E-state index contributed by atoms with van der Waals surface area (Å²) in [5, 5.41) is 5.55. The predicted molar refractivity (Wildman–Crippen MR) is 110 cm³/mol. The Morgan fingerprint density at radius 1 is 1.18 bits per heavy atom. The Morgan fingerprint density at radius 2 is 1.89 bits per heavy atom. The van der Waals surface area contributed by atoms with Gasteiger partial charge in [-0.2, -0.15) is 5.10 Å². The lowest BCUT2D eigenvalue weighted by molar-refractivity contribution is 0.0698. The largest absolute Gasteiger partial charge is 0.336 e. The van der Waals surface area contributed by atoms with Crippen molar-refractivity contribution in [3.63, 3.8) is 0 Å². The maximum atomic E-state index is 13.5. The zero-order valence-corrected chi connectivity index (χ0v) is 17.1. The van der Waals surface area contributed by atoms with Crippen molar-refractivity contribution in [3.8, 4) is 0 Å². The molecular formula is C22H30N4O2. The van der Waals surface area contributed by atoms with Crippen molar-refractivity contribution in [2.24, 2.45) is 18.9 Å². The van der Waals surface area contributed by atoms with Crippen molar-refractivity contribution in [2.75, 3.05) is 26.2 Å². The van der Waals surface area contributed by atoms with Crippen molar-refractivity contribution >= 4 is 16.7 Å². The number of fused-ring (bicyclic) bond motifs is 1. The smallest absolute Gasteiger partial charge is 0.275 e. The fourth-order valence-corrected chi connectivity index (χ4v) is 4.35. The molecule has 1 saturated carbocycles. The van der Waals surface area contributed by atoms with Gasteiger partial charge in [-0.05, 0) is 37.2 Å². The maximum absolute atomic E-state index is 13.5. The summed E-state index contributed by atoms with van der Waals surface area (Å²) < 4.78 is 1.28. The first-order valence-corrected chi connectivity index (χ1v) is 10.4. The van der Waals surface area contributed by atoms with E-state index in [4.69, 9.17) is 0 Å². The number of hydrogen-bond acceptors (Lipinski definition) is 4. The van der Waals surface area contributed by atoms with E-state index in [1.807, 2.05) is 23.1 Å². The SMILES string of the molecule is CC(C)[C@@H]1CN(C(=O)c2nn(C)c(=O)c3ccccc23)CCCN1CC1CC1. The minimum atomic E-state index is -0.168. The van der Waals surface area contributed by atoms with Crippen LogP contribution in [0.4, 0.5) is 0 Å². The molecule has 28 heavy (non-hydrogen) atoms. The Bertz CT molecular complexity index is 932. The molecule has 2 fully saturated rings. The molecule has 6 nitrogen and oxygen atoms in total. The zero-order valence-electron chi connectivity index (χ0n) is 17.1. The van der Waals surface area contributed by atoms with Crippen molar-refractivity contribution in [1.29, 1.82) is 0 Å². The van der Waals surface area contributed by atoms with Crippen LogP contribution in [0.2, 0.25) is 0 Å². The highest BCUT2D eigenvalue weighted by Gasteiger charge is 2.34. The molecule has 1 aliphatic heterocycles. The summed E-state index contributed by atoms with van der Waals surface area (Å²) in [7, 11) is 1.61. The molecular weight excluding hydrogens is 352 g/mol. The lowest BCUT2D eigenvalue weighted by Crippen LogP contribution is -2.46. The first-order valence-electron chi connectivity index (χ1n) is 10.4. The van der Waals surface area contributed by atoms with Gasteiger partial charge in [0, 0.05) is 44.7 Å². The van der Waals surface area contributed by atoms with Crippen LogP contribution in [0.15, 0.2) is 29.1 Å². The van der Waals surface area contributed by atoms with Gasteiger partial charge in [0.2, 0.25) is 0 Å². The van der Waals surface area contributed by atoms with Gasteiger partial charge in [-0.3, -0.25) is 14.5 Å². The van der Waals surface area contributed by atoms with E-state index in [9.17, 15) is 9.59 Å². The van der Waals surface area contributed by atoms with E-state index in [1.165, 1.54) is 17.5 Å². The maximum Gasteiger partial charge on any atom is 0.275 e. The van der Waals surface area contributed by atoms with E-state index < -0.39 is 0 Å². The highest BCUT2D eigenvalue weighted by molar-refractivity contribution is 6.04. The second-order valence-electron chi connectivity index (χ2n) is 8.68. The molecule has 1 aliphatic carbocycles. The average Bonchev–Trinajstić information content (AvgIpc) is 3.51. The number of benzene rings is 1. The van der Waals surface area contributed by atoms with Gasteiger partial charge >= 0.3 is 0 Å². The van der Waals surface area contributed by atoms with Crippen molar-refractivity contribution < 1.29 is 4.79 Å². The van der Waals surface area contributed by atoms with Crippen molar-refractivity contribution in [1.82, 2.24) is 19.6 Å². The molecule has 0 bridgehead atoms. The van der Waals surface area contributed by atoms with E-state index in [0.29, 0.717) is 28.4 Å². The molecule has 1 saturated heterocycles. The monoisotopic (exact) mass is 382 g/mol. The van der Waals surface area contributed by atoms with Gasteiger partial charge in [-0.1, -0.05) is 32.0 Å². The molecule has 1 aromatic heterocycles. The highest BCUT2D eigenvalue weighted by atomic mass is 16.2. The lowest BCUT2D eigenvalue weighted by Gasteiger charge is -2.34. The quantitative estimate of drug-likeness (QED) is 0.815. The number of aryl methyl sites for hydroxylation is 1. The summed E-state index contributed by atoms with van der Waals surface area (Å²) in [6.07, 6.45) is 3.67. The van der Waals surface area contributed by atoms with Gasteiger partial charge in [0.25, 0.3) is 11.5 Å². The Morgan fingerprint density at radius 3 is 2.57 bits per heavy atom. The van der Waals surface area contributed by atoms with Gasteiger partial charge in [-0.25, -0.2) is 4.68 Å². The standard InChI is InChI=1S/C22H30N4O2/c1-15(2)19-14-26(12-6-11-25(19)13-16-9-10-16)22(28)20-17-7-4-5-8-18(17)21(27)24(3)23-20/h4-5,7-8,15-16,19H,6,9-14H2,1-3H3/t19-/m0/s1. The van der Waals surface area contributed by atoms with Gasteiger partial charge < -0.3 is 4.90 Å². The average molecular weight is 383 g/mol. The fraction of sp³-hybridized carbons (Fsp3) is 0.591. The molecule has 150 valence electrons. The number of hydrogen-bond donors (Lipinski definition) is 0. The third-order valence-corrected chi connectivity index (χ3v) is 6.16. The number of aromatic nitrogens is 2. The molecule has 0 radical (unpaired) electrons. The van der Waals surface area contributed by atoms with Crippen LogP contribution in [0.3, 0.4) is 0 Å². The number of carbonyl (C=O) groups excluding carboxylic acids is 1. The normalized spacial score (nSPS) is 21.3. The summed E-state index contributed by atoms with van der Waals surface area (Å²) >= 11 is 0. The summed E-state index contributed by atoms with van der Waals surface area (Å²) in [4.78, 5) is 30.4. The summed E-state index contributed by atoms with van der Waals surface area (Å²) in [5.74, 6) is 1.26. The third-order valence-electron chi connectivity index (χ3n) is 6.16. The lowest BCUT2D eigenvalue weighted by atomic mass is 10.0. The highest BCUT2D eigenvalue weighted by Crippen LogP contribution is 2.32. The first-order chi connectivity index (χ1) is 13.5. The van der Waals surface area contributed by atoms with Crippen LogP contribution in [0.1, 0.15) is 43.6 Å². The van der Waals surface area contributed by atoms with Crippen LogP contribution in [0.25, 0.3) is 10.8 Å². The van der Waals surface area contributed by atoms with E-state index in [1.54, 1.807) is 13.1 Å².